The summed E-state index contributed by atoms with van der Waals surface area (Å²) >= 11 is 0. The molecule has 27 heavy (non-hydrogen) atoms. The molecule has 1 fully saturated rings. The van der Waals surface area contributed by atoms with Gasteiger partial charge in [-0.15, -0.1) is 0 Å². The smallest absolute Gasteiger partial charge is 0.129 e. The first-order valence-electron chi connectivity index (χ1n) is 9.21. The van der Waals surface area contributed by atoms with Gasteiger partial charge in [-0.2, -0.15) is 5.26 Å². The average molecular weight is 358 g/mol. The molecule has 1 aliphatic heterocycles. The molecule has 0 radical (unpaired) electrons. The summed E-state index contributed by atoms with van der Waals surface area (Å²) in [6, 6.07) is 14.3. The van der Waals surface area contributed by atoms with Crippen molar-refractivity contribution in [3.8, 4) is 6.07 Å². The molecule has 5 nitrogen and oxygen atoms in total. The maximum Gasteiger partial charge on any atom is 0.129 e. The standard InChI is InChI=1S/C22H22N4O/c1-14-9-22(25-15(2)19(14)11-23)26-12-17(21(27)13-26)10-16-7-8-24-20-6-4-3-5-18(16)20/h3-9,17,21,27H,10,12-13H2,1-2H3/t17-,21-/m1/s1. The molecular formula is C22H22N4O. The molecule has 0 unspecified atom stereocenters. The monoisotopic (exact) mass is 358 g/mol. The van der Waals surface area contributed by atoms with Gasteiger partial charge in [0.15, 0.2) is 0 Å². The van der Waals surface area contributed by atoms with Gasteiger partial charge in [-0.05, 0) is 49.6 Å². The second-order valence-electron chi connectivity index (χ2n) is 7.29. The van der Waals surface area contributed by atoms with Crippen molar-refractivity contribution < 1.29 is 5.11 Å². The minimum atomic E-state index is -0.407. The van der Waals surface area contributed by atoms with E-state index in [1.54, 1.807) is 0 Å². The van der Waals surface area contributed by atoms with E-state index >= 15 is 0 Å². The minimum absolute atomic E-state index is 0.133. The number of fused-ring (bicyclic) bond motifs is 1. The number of rotatable bonds is 3. The predicted octanol–water partition coefficient (Wildman–Crippen LogP) is 3.16. The summed E-state index contributed by atoms with van der Waals surface area (Å²) in [4.78, 5) is 11.1. The van der Waals surface area contributed by atoms with Gasteiger partial charge in [0.1, 0.15) is 11.9 Å². The maximum absolute atomic E-state index is 10.7. The Balaban J connectivity index is 1.58. The SMILES string of the molecule is Cc1cc(N2C[C@@H](Cc3ccnc4ccccc34)[C@H](O)C2)nc(C)c1C#N. The molecule has 1 saturated heterocycles. The fourth-order valence-electron chi connectivity index (χ4n) is 4.00. The largest absolute Gasteiger partial charge is 0.391 e. The molecule has 1 aromatic carbocycles. The number of para-hydroxylation sites is 1. The fraction of sp³-hybridized carbons (Fsp3) is 0.318. The second-order valence-corrected chi connectivity index (χ2v) is 7.29. The molecular weight excluding hydrogens is 336 g/mol. The number of aliphatic hydroxyl groups is 1. The lowest BCUT2D eigenvalue weighted by Gasteiger charge is -2.19. The van der Waals surface area contributed by atoms with E-state index in [-0.39, 0.29) is 5.92 Å². The fourth-order valence-corrected chi connectivity index (χ4v) is 4.00. The van der Waals surface area contributed by atoms with Crippen LogP contribution in [0.15, 0.2) is 42.6 Å². The van der Waals surface area contributed by atoms with Crippen LogP contribution in [0.1, 0.15) is 22.4 Å². The predicted molar refractivity (Wildman–Crippen MR) is 106 cm³/mol. The number of aliphatic hydroxyl groups excluding tert-OH is 1. The zero-order chi connectivity index (χ0) is 19.0. The normalized spacial score (nSPS) is 19.4. The van der Waals surface area contributed by atoms with Crippen LogP contribution in [0.4, 0.5) is 5.82 Å². The number of hydrogen-bond donors (Lipinski definition) is 1. The van der Waals surface area contributed by atoms with E-state index in [1.807, 2.05) is 50.4 Å². The molecule has 4 rings (SSSR count). The lowest BCUT2D eigenvalue weighted by atomic mass is 9.94. The highest BCUT2D eigenvalue weighted by Gasteiger charge is 2.32. The number of nitrogens with zero attached hydrogens (tertiary/aromatic N) is 4. The highest BCUT2D eigenvalue weighted by molar-refractivity contribution is 5.81. The summed E-state index contributed by atoms with van der Waals surface area (Å²) in [5, 5.41) is 21.0. The molecule has 3 heterocycles. The average Bonchev–Trinajstić information content (AvgIpc) is 3.02. The van der Waals surface area contributed by atoms with Crippen molar-refractivity contribution in [3.63, 3.8) is 0 Å². The Labute approximate surface area is 158 Å². The van der Waals surface area contributed by atoms with Gasteiger partial charge in [0.2, 0.25) is 0 Å². The Morgan fingerprint density at radius 3 is 2.81 bits per heavy atom. The Bertz CT molecular complexity index is 1010. The molecule has 0 amide bonds. The Morgan fingerprint density at radius 1 is 1.22 bits per heavy atom. The highest BCUT2D eigenvalue weighted by Crippen LogP contribution is 2.29. The summed E-state index contributed by atoms with van der Waals surface area (Å²) in [5.41, 5.74) is 4.51. The first-order chi connectivity index (χ1) is 13.1. The van der Waals surface area contributed by atoms with Crippen LogP contribution in [0.25, 0.3) is 10.9 Å². The van der Waals surface area contributed by atoms with E-state index in [1.165, 1.54) is 5.56 Å². The number of nitriles is 1. The lowest BCUT2D eigenvalue weighted by Crippen LogP contribution is -2.22. The van der Waals surface area contributed by atoms with Crippen LogP contribution in [0.3, 0.4) is 0 Å². The number of β-amino-alcohol motifs (C(OH)–C–C–N with tert-alkyl or cyclic N) is 1. The van der Waals surface area contributed by atoms with Crippen molar-refractivity contribution in [2.24, 2.45) is 5.92 Å². The van der Waals surface area contributed by atoms with E-state index in [9.17, 15) is 10.4 Å². The third-order valence-electron chi connectivity index (χ3n) is 5.45. The summed E-state index contributed by atoms with van der Waals surface area (Å²) in [5.74, 6) is 0.971. The van der Waals surface area contributed by atoms with Crippen LogP contribution in [0.5, 0.6) is 0 Å². The van der Waals surface area contributed by atoms with Crippen molar-refractivity contribution in [2.75, 3.05) is 18.0 Å². The number of hydrogen-bond acceptors (Lipinski definition) is 5. The third kappa shape index (κ3) is 3.24. The van der Waals surface area contributed by atoms with Crippen molar-refractivity contribution in [1.29, 1.82) is 5.26 Å². The van der Waals surface area contributed by atoms with Gasteiger partial charge in [0.05, 0.1) is 22.9 Å². The number of aryl methyl sites for hydroxylation is 2. The minimum Gasteiger partial charge on any atom is -0.391 e. The molecule has 3 aromatic rings. The molecule has 0 saturated carbocycles. The first kappa shape index (κ1) is 17.4. The molecule has 2 aromatic heterocycles. The number of pyridine rings is 2. The summed E-state index contributed by atoms with van der Waals surface area (Å²) in [6.07, 6.45) is 2.23. The first-order valence-corrected chi connectivity index (χ1v) is 9.21. The van der Waals surface area contributed by atoms with Crippen molar-refractivity contribution in [3.05, 3.63) is 65.0 Å². The summed E-state index contributed by atoms with van der Waals surface area (Å²) in [6.45, 7) is 5.10. The second kappa shape index (κ2) is 6.98. The van der Waals surface area contributed by atoms with Gasteiger partial charge in [-0.3, -0.25) is 4.98 Å². The number of anilines is 1. The molecule has 0 aliphatic carbocycles. The number of aromatic nitrogens is 2. The van der Waals surface area contributed by atoms with Crippen LogP contribution in [0, 0.1) is 31.1 Å². The van der Waals surface area contributed by atoms with E-state index < -0.39 is 6.10 Å². The highest BCUT2D eigenvalue weighted by atomic mass is 16.3. The van der Waals surface area contributed by atoms with Gasteiger partial charge in [-0.25, -0.2) is 4.98 Å². The zero-order valence-electron chi connectivity index (χ0n) is 15.6. The summed E-state index contributed by atoms with van der Waals surface area (Å²) in [7, 11) is 0. The zero-order valence-corrected chi connectivity index (χ0v) is 15.6. The molecule has 1 N–H and O–H groups in total. The van der Waals surface area contributed by atoms with Crippen molar-refractivity contribution in [1.82, 2.24) is 9.97 Å². The topological polar surface area (TPSA) is 73.0 Å². The molecule has 0 bridgehead atoms. The van der Waals surface area contributed by atoms with Gasteiger partial charge in [0.25, 0.3) is 0 Å². The van der Waals surface area contributed by atoms with E-state index in [0.717, 1.165) is 40.9 Å². The molecule has 2 atom stereocenters. The van der Waals surface area contributed by atoms with Gasteiger partial charge < -0.3 is 10.0 Å². The quantitative estimate of drug-likeness (QED) is 0.778. The van der Waals surface area contributed by atoms with Gasteiger partial charge in [0, 0.05) is 30.6 Å². The van der Waals surface area contributed by atoms with Crippen LogP contribution in [-0.4, -0.2) is 34.3 Å². The maximum atomic E-state index is 10.7. The molecule has 1 aliphatic rings. The van der Waals surface area contributed by atoms with Crippen LogP contribution < -0.4 is 4.90 Å². The molecule has 0 spiro atoms. The van der Waals surface area contributed by atoms with E-state index in [2.05, 4.69) is 27.0 Å². The van der Waals surface area contributed by atoms with Crippen LogP contribution in [0.2, 0.25) is 0 Å². The third-order valence-corrected chi connectivity index (χ3v) is 5.45. The number of benzene rings is 1. The van der Waals surface area contributed by atoms with E-state index in [4.69, 9.17) is 0 Å². The van der Waals surface area contributed by atoms with Crippen molar-refractivity contribution in [2.45, 2.75) is 26.4 Å². The summed E-state index contributed by atoms with van der Waals surface area (Å²) < 4.78 is 0. The van der Waals surface area contributed by atoms with E-state index in [0.29, 0.717) is 12.1 Å². The van der Waals surface area contributed by atoms with Crippen molar-refractivity contribution >= 4 is 16.7 Å². The Morgan fingerprint density at radius 2 is 2.04 bits per heavy atom. The lowest BCUT2D eigenvalue weighted by molar-refractivity contribution is 0.148. The van der Waals surface area contributed by atoms with Gasteiger partial charge >= 0.3 is 0 Å². The van der Waals surface area contributed by atoms with Crippen LogP contribution >= 0.6 is 0 Å². The van der Waals surface area contributed by atoms with Crippen LogP contribution in [-0.2, 0) is 6.42 Å². The van der Waals surface area contributed by atoms with Gasteiger partial charge in [-0.1, -0.05) is 18.2 Å². The molecule has 136 valence electrons. The Kier molecular flexibility index (Phi) is 4.51. The Hall–Kier alpha value is -2.97. The molecule has 5 heteroatoms.